The van der Waals surface area contributed by atoms with Gasteiger partial charge in [-0.2, -0.15) is 0 Å². The number of amides is 2. The predicted molar refractivity (Wildman–Crippen MR) is 147 cm³/mol. The summed E-state index contributed by atoms with van der Waals surface area (Å²) in [6.45, 7) is 3.62. The lowest BCUT2D eigenvalue weighted by Gasteiger charge is -2.32. The first-order valence-electron chi connectivity index (χ1n) is 12.6. The van der Waals surface area contributed by atoms with Gasteiger partial charge in [0.25, 0.3) is 11.8 Å². The van der Waals surface area contributed by atoms with Gasteiger partial charge < -0.3 is 14.4 Å². The average Bonchev–Trinajstić information content (AvgIpc) is 3.26. The normalized spacial score (nSPS) is 14.3. The minimum absolute atomic E-state index is 0.00543. The second-order valence-electron chi connectivity index (χ2n) is 9.80. The minimum atomic E-state index is -0.572. The highest BCUT2D eigenvalue weighted by molar-refractivity contribution is 7.97. The van der Waals surface area contributed by atoms with E-state index in [4.69, 9.17) is 0 Å². The van der Waals surface area contributed by atoms with Crippen LogP contribution in [0.2, 0.25) is 0 Å². The molecule has 3 aromatic rings. The number of piperidine rings is 1. The van der Waals surface area contributed by atoms with E-state index in [2.05, 4.69) is 31.2 Å². The van der Waals surface area contributed by atoms with Crippen molar-refractivity contribution in [1.29, 1.82) is 0 Å². The number of ketones is 1. The molecule has 2 amide bonds. The molecule has 1 aromatic heterocycles. The van der Waals surface area contributed by atoms with Crippen LogP contribution in [0.1, 0.15) is 51.6 Å². The largest absolute Gasteiger partial charge is 0.342 e. The fraction of sp³-hybridized carbons (Fsp3) is 0.414. The third-order valence-electron chi connectivity index (χ3n) is 7.10. The number of Topliss-reactive ketones (excluding diaryl/α,β-unsaturated/α-hetero) is 1. The number of fused-ring (bicyclic) bond motifs is 1. The van der Waals surface area contributed by atoms with Gasteiger partial charge in [0.05, 0.1) is 11.4 Å². The number of carbonyl (C=O) groups is 3. The molecule has 2 aromatic carbocycles. The van der Waals surface area contributed by atoms with E-state index in [-0.39, 0.29) is 5.91 Å². The van der Waals surface area contributed by atoms with Crippen LogP contribution in [0.15, 0.2) is 48.7 Å². The van der Waals surface area contributed by atoms with Crippen LogP contribution in [-0.4, -0.2) is 65.4 Å². The van der Waals surface area contributed by atoms with Crippen molar-refractivity contribution in [3.8, 4) is 0 Å². The molecule has 190 valence electrons. The molecule has 4 rings (SSSR count). The number of aryl methyl sites for hydroxylation is 1. The number of rotatable bonds is 8. The van der Waals surface area contributed by atoms with Crippen LogP contribution >= 0.6 is 11.8 Å². The van der Waals surface area contributed by atoms with Crippen LogP contribution < -0.4 is 0 Å². The molecule has 2 heterocycles. The average molecular weight is 506 g/mol. The van der Waals surface area contributed by atoms with Gasteiger partial charge in [-0.1, -0.05) is 31.2 Å². The number of carbonyl (C=O) groups excluding carboxylic acids is 3. The Labute approximate surface area is 217 Å². The standard InChI is InChI=1S/C29H35N3O3S/c1-5-20-6-8-21(9-7-20)16-22-12-14-31(15-13-22)28(34)25-18-32(19-36-4)26-11-10-23(17-24(25)26)27(33)29(35)30(2)3/h6-11,17-18,22H,5,12-16,19H2,1-4H3. The van der Waals surface area contributed by atoms with Crippen molar-refractivity contribution >= 4 is 40.3 Å². The maximum Gasteiger partial charge on any atom is 0.294 e. The van der Waals surface area contributed by atoms with Crippen LogP contribution in [0, 0.1) is 5.92 Å². The number of likely N-dealkylation sites (N-methyl/N-ethyl adjacent to an activating group) is 1. The van der Waals surface area contributed by atoms with Crippen molar-refractivity contribution in [2.24, 2.45) is 5.92 Å². The fourth-order valence-electron chi connectivity index (χ4n) is 4.94. The summed E-state index contributed by atoms with van der Waals surface area (Å²) in [5.74, 6) is 0.129. The number of likely N-dealkylation sites (tertiary alicyclic amines) is 1. The summed E-state index contributed by atoms with van der Waals surface area (Å²) in [4.78, 5) is 41.8. The topological polar surface area (TPSA) is 62.6 Å². The molecule has 0 saturated carbocycles. The van der Waals surface area contributed by atoms with Crippen LogP contribution in [0.3, 0.4) is 0 Å². The monoisotopic (exact) mass is 505 g/mol. The lowest BCUT2D eigenvalue weighted by molar-refractivity contribution is -0.124. The summed E-state index contributed by atoms with van der Waals surface area (Å²) < 4.78 is 2.04. The summed E-state index contributed by atoms with van der Waals surface area (Å²) >= 11 is 1.66. The highest BCUT2D eigenvalue weighted by Gasteiger charge is 2.27. The van der Waals surface area contributed by atoms with Crippen molar-refractivity contribution in [3.63, 3.8) is 0 Å². The van der Waals surface area contributed by atoms with E-state index in [0.29, 0.717) is 22.9 Å². The molecule has 0 aliphatic carbocycles. The van der Waals surface area contributed by atoms with Gasteiger partial charge in [0.1, 0.15) is 0 Å². The predicted octanol–water partition coefficient (Wildman–Crippen LogP) is 4.89. The molecule has 1 aliphatic heterocycles. The first kappa shape index (κ1) is 26.0. The van der Waals surface area contributed by atoms with Gasteiger partial charge in [0, 0.05) is 49.8 Å². The minimum Gasteiger partial charge on any atom is -0.342 e. The van der Waals surface area contributed by atoms with Crippen molar-refractivity contribution in [1.82, 2.24) is 14.4 Å². The van der Waals surface area contributed by atoms with E-state index in [1.807, 2.05) is 28.0 Å². The molecule has 0 bridgehead atoms. The molecule has 7 heteroatoms. The maximum atomic E-state index is 13.6. The quantitative estimate of drug-likeness (QED) is 0.323. The SMILES string of the molecule is CCc1ccc(CC2CCN(C(=O)c3cn(CSC)c4ccc(C(=O)C(=O)N(C)C)cc34)CC2)cc1. The summed E-state index contributed by atoms with van der Waals surface area (Å²) in [6, 6.07) is 14.1. The highest BCUT2D eigenvalue weighted by atomic mass is 32.2. The summed E-state index contributed by atoms with van der Waals surface area (Å²) in [5, 5.41) is 0.726. The Kier molecular flexibility index (Phi) is 8.19. The van der Waals surface area contributed by atoms with Crippen molar-refractivity contribution in [2.45, 2.75) is 38.5 Å². The number of benzene rings is 2. The zero-order valence-electron chi connectivity index (χ0n) is 21.6. The Hall–Kier alpha value is -3.06. The molecule has 1 fully saturated rings. The van der Waals surface area contributed by atoms with Gasteiger partial charge in [-0.15, -0.1) is 11.8 Å². The van der Waals surface area contributed by atoms with E-state index in [1.165, 1.54) is 16.0 Å². The number of hydrogen-bond donors (Lipinski definition) is 0. The molecular formula is C29H35N3O3S. The van der Waals surface area contributed by atoms with Gasteiger partial charge in [0.15, 0.2) is 0 Å². The van der Waals surface area contributed by atoms with Crippen LogP contribution in [-0.2, 0) is 23.5 Å². The number of aromatic nitrogens is 1. The van der Waals surface area contributed by atoms with Crippen LogP contribution in [0.5, 0.6) is 0 Å². The molecule has 1 saturated heterocycles. The molecule has 6 nitrogen and oxygen atoms in total. The van der Waals surface area contributed by atoms with Crippen molar-refractivity contribution < 1.29 is 14.4 Å². The summed E-state index contributed by atoms with van der Waals surface area (Å²) in [6.07, 6.45) is 7.96. The zero-order chi connectivity index (χ0) is 25.8. The Morgan fingerprint density at radius 1 is 1.00 bits per heavy atom. The van der Waals surface area contributed by atoms with Crippen molar-refractivity contribution in [2.75, 3.05) is 33.4 Å². The molecule has 0 unspecified atom stereocenters. The molecule has 0 spiro atoms. The van der Waals surface area contributed by atoms with E-state index in [1.54, 1.807) is 38.0 Å². The zero-order valence-corrected chi connectivity index (χ0v) is 22.4. The van der Waals surface area contributed by atoms with Crippen LogP contribution in [0.4, 0.5) is 0 Å². The van der Waals surface area contributed by atoms with E-state index < -0.39 is 11.7 Å². The molecule has 0 N–H and O–H groups in total. The molecule has 0 radical (unpaired) electrons. The van der Waals surface area contributed by atoms with Gasteiger partial charge in [-0.25, -0.2) is 0 Å². The Morgan fingerprint density at radius 2 is 1.67 bits per heavy atom. The highest BCUT2D eigenvalue weighted by Crippen LogP contribution is 2.28. The first-order chi connectivity index (χ1) is 17.3. The van der Waals surface area contributed by atoms with E-state index in [0.717, 1.165) is 49.7 Å². The van der Waals surface area contributed by atoms with Gasteiger partial charge in [-0.3, -0.25) is 14.4 Å². The van der Waals surface area contributed by atoms with Gasteiger partial charge in [0.2, 0.25) is 5.78 Å². The molecular weight excluding hydrogens is 470 g/mol. The summed E-state index contributed by atoms with van der Waals surface area (Å²) in [5.41, 5.74) is 4.52. The van der Waals surface area contributed by atoms with E-state index in [9.17, 15) is 14.4 Å². The van der Waals surface area contributed by atoms with Gasteiger partial charge >= 0.3 is 0 Å². The Bertz CT molecular complexity index is 1250. The molecule has 0 atom stereocenters. The second kappa shape index (κ2) is 11.3. The maximum absolute atomic E-state index is 13.6. The number of thioether (sulfide) groups is 1. The van der Waals surface area contributed by atoms with Crippen LogP contribution in [0.25, 0.3) is 10.9 Å². The lowest BCUT2D eigenvalue weighted by atomic mass is 9.89. The van der Waals surface area contributed by atoms with E-state index >= 15 is 0 Å². The smallest absolute Gasteiger partial charge is 0.294 e. The first-order valence-corrected chi connectivity index (χ1v) is 14.0. The summed E-state index contributed by atoms with van der Waals surface area (Å²) in [7, 11) is 3.12. The number of hydrogen-bond acceptors (Lipinski definition) is 4. The Morgan fingerprint density at radius 3 is 2.28 bits per heavy atom. The fourth-order valence-corrected chi connectivity index (χ4v) is 5.43. The third kappa shape index (κ3) is 5.51. The Balaban J connectivity index is 1.52. The second-order valence-corrected chi connectivity index (χ2v) is 10.6. The lowest BCUT2D eigenvalue weighted by Crippen LogP contribution is -2.38. The number of nitrogens with zero attached hydrogens (tertiary/aromatic N) is 3. The van der Waals surface area contributed by atoms with Crippen molar-refractivity contribution in [3.05, 3.63) is 70.9 Å². The molecule has 36 heavy (non-hydrogen) atoms. The van der Waals surface area contributed by atoms with Gasteiger partial charge in [-0.05, 0) is 67.2 Å². The molecule has 1 aliphatic rings. The third-order valence-corrected chi connectivity index (χ3v) is 7.64.